The summed E-state index contributed by atoms with van der Waals surface area (Å²) >= 11 is 8.90. The number of hydrogen-bond acceptors (Lipinski definition) is 5. The van der Waals surface area contributed by atoms with Gasteiger partial charge in [-0.05, 0) is 38.8 Å². The second-order valence-electron chi connectivity index (χ2n) is 6.90. The van der Waals surface area contributed by atoms with Crippen LogP contribution in [0.3, 0.4) is 0 Å². The number of unbranched alkanes of at least 4 members (excludes halogenated alkanes) is 4. The Labute approximate surface area is 166 Å². The summed E-state index contributed by atoms with van der Waals surface area (Å²) in [5.74, 6) is 0.759. The van der Waals surface area contributed by atoms with E-state index in [9.17, 15) is 9.90 Å². The fraction of sp³-hybridized carbons (Fsp3) is 0.947. The summed E-state index contributed by atoms with van der Waals surface area (Å²) in [4.78, 5) is 15.9. The smallest absolute Gasteiger partial charge is 0.306 e. The van der Waals surface area contributed by atoms with Gasteiger partial charge in [0.1, 0.15) is 0 Å². The van der Waals surface area contributed by atoms with Crippen molar-refractivity contribution in [3.8, 4) is 0 Å². The van der Waals surface area contributed by atoms with Crippen LogP contribution in [0.1, 0.15) is 71.6 Å². The third-order valence-electron chi connectivity index (χ3n) is 4.72. The molecule has 0 amide bonds. The van der Waals surface area contributed by atoms with Crippen LogP contribution in [0.25, 0.3) is 0 Å². The summed E-state index contributed by atoms with van der Waals surface area (Å²) in [5, 5.41) is 9.20. The molecule has 0 spiro atoms. The van der Waals surface area contributed by atoms with E-state index < -0.39 is 5.97 Å². The average molecular weight is 393 g/mol. The number of thiol groups is 2. The molecule has 0 aliphatic rings. The first-order valence-corrected chi connectivity index (χ1v) is 11.2. The zero-order valence-corrected chi connectivity index (χ0v) is 18.1. The van der Waals surface area contributed by atoms with E-state index in [1.807, 2.05) is 6.92 Å². The highest BCUT2D eigenvalue weighted by Crippen LogP contribution is 2.15. The summed E-state index contributed by atoms with van der Waals surface area (Å²) in [6, 6.07) is 0. The predicted octanol–water partition coefficient (Wildman–Crippen LogP) is 4.62. The Hall–Kier alpha value is 0.0900. The number of nitrogens with zero attached hydrogens (tertiary/aromatic N) is 2. The molecule has 0 bridgehead atoms. The molecule has 4 nitrogen and oxygen atoms in total. The molecule has 0 fully saturated rings. The summed E-state index contributed by atoms with van der Waals surface area (Å²) in [6.45, 7) is 8.45. The maximum absolute atomic E-state index is 11.2. The third kappa shape index (κ3) is 13.9. The molecule has 0 radical (unpaired) electrons. The molecule has 0 aromatic rings. The molecule has 0 saturated carbocycles. The Morgan fingerprint density at radius 2 is 1.36 bits per heavy atom. The molecule has 25 heavy (non-hydrogen) atoms. The number of carboxylic acids is 1. The summed E-state index contributed by atoms with van der Waals surface area (Å²) in [6.07, 6.45) is 9.71. The maximum Gasteiger partial charge on any atom is 0.306 e. The minimum Gasteiger partial charge on any atom is -0.481 e. The average Bonchev–Trinajstić information content (AvgIpc) is 2.61. The number of rotatable bonds is 18. The van der Waals surface area contributed by atoms with Crippen molar-refractivity contribution < 1.29 is 9.90 Å². The van der Waals surface area contributed by atoms with Crippen molar-refractivity contribution in [3.63, 3.8) is 0 Å². The standard InChI is InChI=1S/C19H40N2O2S2/c1-3-5-6-8-12-20(16-24)14-15-21(17-25)13-9-7-11-18(10-4-2)19(22)23/h18,24-25H,3-17H2,1-2H3,(H,22,23). The lowest BCUT2D eigenvalue weighted by molar-refractivity contribution is -0.142. The van der Waals surface area contributed by atoms with Gasteiger partial charge in [-0.15, -0.1) is 0 Å². The van der Waals surface area contributed by atoms with Crippen LogP contribution in [0.4, 0.5) is 0 Å². The SMILES string of the molecule is CCCCCCN(CS)CCN(CS)CCCCC(CCC)C(=O)O. The lowest BCUT2D eigenvalue weighted by Gasteiger charge is -2.25. The zero-order chi connectivity index (χ0) is 18.9. The zero-order valence-electron chi connectivity index (χ0n) is 16.3. The third-order valence-corrected chi connectivity index (χ3v) is 5.52. The van der Waals surface area contributed by atoms with E-state index in [4.69, 9.17) is 0 Å². The first kappa shape index (κ1) is 25.1. The second kappa shape index (κ2) is 17.5. The van der Waals surface area contributed by atoms with Crippen LogP contribution in [0, 0.1) is 5.92 Å². The minimum atomic E-state index is -0.639. The Balaban J connectivity index is 3.94. The molecule has 0 aliphatic heterocycles. The molecule has 1 N–H and O–H groups in total. The van der Waals surface area contributed by atoms with Gasteiger partial charge >= 0.3 is 5.97 Å². The van der Waals surface area contributed by atoms with Gasteiger partial charge in [-0.3, -0.25) is 14.6 Å². The molecule has 0 aromatic heterocycles. The summed E-state index contributed by atoms with van der Waals surface area (Å²) in [7, 11) is 0. The molecular formula is C19H40N2O2S2. The van der Waals surface area contributed by atoms with Gasteiger partial charge in [0.25, 0.3) is 0 Å². The Morgan fingerprint density at radius 1 is 0.800 bits per heavy atom. The number of hydrogen-bond donors (Lipinski definition) is 3. The molecular weight excluding hydrogens is 352 g/mol. The lowest BCUT2D eigenvalue weighted by Crippen LogP contribution is -2.35. The molecule has 0 aliphatic carbocycles. The van der Waals surface area contributed by atoms with Crippen molar-refractivity contribution >= 4 is 31.2 Å². The maximum atomic E-state index is 11.2. The van der Waals surface area contributed by atoms with Crippen molar-refractivity contribution in [2.45, 2.75) is 71.6 Å². The lowest BCUT2D eigenvalue weighted by atomic mass is 9.97. The van der Waals surface area contributed by atoms with Crippen molar-refractivity contribution in [1.82, 2.24) is 9.80 Å². The van der Waals surface area contributed by atoms with E-state index in [0.29, 0.717) is 0 Å². The van der Waals surface area contributed by atoms with Crippen LogP contribution in [-0.4, -0.2) is 58.8 Å². The van der Waals surface area contributed by atoms with E-state index in [1.165, 1.54) is 25.7 Å². The minimum absolute atomic E-state index is 0.169. The normalized spacial score (nSPS) is 12.9. The molecule has 1 atom stereocenters. The molecule has 150 valence electrons. The van der Waals surface area contributed by atoms with Crippen LogP contribution in [0.2, 0.25) is 0 Å². The van der Waals surface area contributed by atoms with Gasteiger partial charge in [0.15, 0.2) is 0 Å². The van der Waals surface area contributed by atoms with Crippen LogP contribution in [-0.2, 0) is 4.79 Å². The van der Waals surface area contributed by atoms with E-state index in [-0.39, 0.29) is 5.92 Å². The fourth-order valence-corrected chi connectivity index (χ4v) is 3.58. The van der Waals surface area contributed by atoms with Crippen molar-refractivity contribution in [1.29, 1.82) is 0 Å². The Bertz CT molecular complexity index is 320. The van der Waals surface area contributed by atoms with Gasteiger partial charge < -0.3 is 5.11 Å². The van der Waals surface area contributed by atoms with Crippen LogP contribution in [0.5, 0.6) is 0 Å². The quantitative estimate of drug-likeness (QED) is 0.181. The largest absolute Gasteiger partial charge is 0.481 e. The molecule has 0 heterocycles. The van der Waals surface area contributed by atoms with Crippen LogP contribution >= 0.6 is 25.3 Å². The van der Waals surface area contributed by atoms with E-state index in [1.54, 1.807) is 0 Å². The Kier molecular flexibility index (Phi) is 17.6. The molecule has 0 saturated heterocycles. The topological polar surface area (TPSA) is 43.8 Å². The van der Waals surface area contributed by atoms with Crippen LogP contribution < -0.4 is 0 Å². The monoisotopic (exact) mass is 392 g/mol. The van der Waals surface area contributed by atoms with Crippen molar-refractivity contribution in [2.24, 2.45) is 5.92 Å². The van der Waals surface area contributed by atoms with Crippen molar-refractivity contribution in [2.75, 3.05) is 37.9 Å². The van der Waals surface area contributed by atoms with Gasteiger partial charge in [-0.1, -0.05) is 46.0 Å². The highest BCUT2D eigenvalue weighted by atomic mass is 32.1. The Morgan fingerprint density at radius 3 is 1.80 bits per heavy atom. The molecule has 0 rings (SSSR count). The van der Waals surface area contributed by atoms with Crippen molar-refractivity contribution in [3.05, 3.63) is 0 Å². The van der Waals surface area contributed by atoms with Gasteiger partial charge in [-0.2, -0.15) is 25.3 Å². The van der Waals surface area contributed by atoms with E-state index in [0.717, 1.165) is 70.0 Å². The molecule has 1 unspecified atom stereocenters. The predicted molar refractivity (Wildman–Crippen MR) is 115 cm³/mol. The fourth-order valence-electron chi connectivity index (χ4n) is 3.02. The van der Waals surface area contributed by atoms with Crippen LogP contribution in [0.15, 0.2) is 0 Å². The van der Waals surface area contributed by atoms with E-state index in [2.05, 4.69) is 42.0 Å². The number of carboxylic acid groups (broad SMARTS) is 1. The second-order valence-corrected chi connectivity index (χ2v) is 7.46. The first-order chi connectivity index (χ1) is 12.1. The number of aliphatic carboxylic acids is 1. The summed E-state index contributed by atoms with van der Waals surface area (Å²) < 4.78 is 0. The highest BCUT2D eigenvalue weighted by molar-refractivity contribution is 7.80. The number of carbonyl (C=O) groups is 1. The van der Waals surface area contributed by atoms with E-state index >= 15 is 0 Å². The van der Waals surface area contributed by atoms with Gasteiger partial charge in [0.05, 0.1) is 5.92 Å². The summed E-state index contributed by atoms with van der Waals surface area (Å²) in [5.41, 5.74) is 0. The van der Waals surface area contributed by atoms with Gasteiger partial charge in [0, 0.05) is 24.8 Å². The molecule has 0 aromatic carbocycles. The first-order valence-electron chi connectivity index (χ1n) is 9.98. The van der Waals surface area contributed by atoms with Gasteiger partial charge in [-0.25, -0.2) is 0 Å². The highest BCUT2D eigenvalue weighted by Gasteiger charge is 2.15. The molecule has 6 heteroatoms. The van der Waals surface area contributed by atoms with Gasteiger partial charge in [0.2, 0.25) is 0 Å².